The second-order valence-electron chi connectivity index (χ2n) is 7.27. The molecule has 0 radical (unpaired) electrons. The number of fused-ring (bicyclic) bond motifs is 2. The van der Waals surface area contributed by atoms with E-state index in [0.717, 1.165) is 35.4 Å². The maximum atomic E-state index is 13.4. The molecule has 2 saturated heterocycles. The SMILES string of the molecule is COc1ccc(N2[C@@H]3CC[C@H]2/C(=C\c2ccco2)C(=O)C3=Cc2ccco2)cc1. The van der Waals surface area contributed by atoms with Gasteiger partial charge in [-0.2, -0.15) is 0 Å². The molecule has 146 valence electrons. The van der Waals surface area contributed by atoms with E-state index in [-0.39, 0.29) is 17.9 Å². The second kappa shape index (κ2) is 7.17. The Kier molecular flexibility index (Phi) is 4.35. The predicted octanol–water partition coefficient (Wildman–Crippen LogP) is 4.97. The molecule has 2 aromatic heterocycles. The Bertz CT molecular complexity index is 997. The molecule has 5 heteroatoms. The van der Waals surface area contributed by atoms with Gasteiger partial charge < -0.3 is 18.5 Å². The second-order valence-corrected chi connectivity index (χ2v) is 7.27. The third-order valence-corrected chi connectivity index (χ3v) is 5.68. The van der Waals surface area contributed by atoms with Crippen LogP contribution in [0, 0.1) is 0 Å². The molecule has 5 nitrogen and oxygen atoms in total. The molecule has 2 fully saturated rings. The summed E-state index contributed by atoms with van der Waals surface area (Å²) in [6.07, 6.45) is 8.81. The number of furan rings is 2. The fraction of sp³-hybridized carbons (Fsp3) is 0.208. The first-order valence-corrected chi connectivity index (χ1v) is 9.72. The van der Waals surface area contributed by atoms with Gasteiger partial charge in [0.1, 0.15) is 17.3 Å². The maximum absolute atomic E-state index is 13.4. The van der Waals surface area contributed by atoms with E-state index in [1.54, 1.807) is 19.6 Å². The predicted molar refractivity (Wildman–Crippen MR) is 111 cm³/mol. The quantitative estimate of drug-likeness (QED) is 0.592. The van der Waals surface area contributed by atoms with Gasteiger partial charge in [-0.1, -0.05) is 0 Å². The zero-order chi connectivity index (χ0) is 19.8. The van der Waals surface area contributed by atoms with Crippen molar-refractivity contribution in [3.63, 3.8) is 0 Å². The van der Waals surface area contributed by atoms with Gasteiger partial charge in [-0.15, -0.1) is 0 Å². The zero-order valence-electron chi connectivity index (χ0n) is 16.1. The topological polar surface area (TPSA) is 55.8 Å². The van der Waals surface area contributed by atoms with Gasteiger partial charge in [-0.25, -0.2) is 0 Å². The minimum Gasteiger partial charge on any atom is -0.497 e. The summed E-state index contributed by atoms with van der Waals surface area (Å²) in [5.74, 6) is 2.25. The van der Waals surface area contributed by atoms with E-state index in [2.05, 4.69) is 17.0 Å². The number of benzene rings is 1. The van der Waals surface area contributed by atoms with Gasteiger partial charge in [0, 0.05) is 16.8 Å². The number of anilines is 1. The molecule has 4 heterocycles. The number of ketones is 1. The molecule has 0 spiro atoms. The van der Waals surface area contributed by atoms with Crippen molar-refractivity contribution in [1.82, 2.24) is 0 Å². The largest absolute Gasteiger partial charge is 0.497 e. The number of Topliss-reactive ketones (excluding diaryl/α,β-unsaturated/α-hetero) is 1. The van der Waals surface area contributed by atoms with E-state index in [1.165, 1.54) is 0 Å². The lowest BCUT2D eigenvalue weighted by molar-refractivity contribution is -0.112. The molecule has 29 heavy (non-hydrogen) atoms. The number of carbonyl (C=O) groups excluding carboxylic acids is 1. The van der Waals surface area contributed by atoms with Crippen molar-refractivity contribution in [2.45, 2.75) is 24.9 Å². The normalized spacial score (nSPS) is 23.9. The number of hydrogen-bond donors (Lipinski definition) is 0. The lowest BCUT2D eigenvalue weighted by atomic mass is 9.88. The van der Waals surface area contributed by atoms with Crippen molar-refractivity contribution in [2.24, 2.45) is 0 Å². The summed E-state index contributed by atoms with van der Waals surface area (Å²) in [4.78, 5) is 15.8. The van der Waals surface area contributed by atoms with Crippen LogP contribution in [-0.2, 0) is 4.79 Å². The Morgan fingerprint density at radius 2 is 1.45 bits per heavy atom. The monoisotopic (exact) mass is 387 g/mol. The van der Waals surface area contributed by atoms with Crippen LogP contribution < -0.4 is 9.64 Å². The van der Waals surface area contributed by atoms with Gasteiger partial charge in [-0.3, -0.25) is 4.79 Å². The molecule has 2 atom stereocenters. The highest BCUT2D eigenvalue weighted by Gasteiger charge is 2.46. The van der Waals surface area contributed by atoms with Gasteiger partial charge >= 0.3 is 0 Å². The van der Waals surface area contributed by atoms with Gasteiger partial charge in [-0.05, 0) is 73.5 Å². The van der Waals surface area contributed by atoms with Crippen LogP contribution in [0.15, 0.2) is 81.0 Å². The van der Waals surface area contributed by atoms with E-state index in [9.17, 15) is 4.79 Å². The molecule has 2 aliphatic heterocycles. The van der Waals surface area contributed by atoms with E-state index in [0.29, 0.717) is 11.5 Å². The number of ether oxygens (including phenoxy) is 1. The molecule has 3 aromatic rings. The molecule has 1 aromatic carbocycles. The van der Waals surface area contributed by atoms with Gasteiger partial charge in [0.25, 0.3) is 0 Å². The van der Waals surface area contributed by atoms with Crippen LogP contribution in [0.3, 0.4) is 0 Å². The third kappa shape index (κ3) is 3.09. The lowest BCUT2D eigenvalue weighted by Crippen LogP contribution is -2.46. The number of carbonyl (C=O) groups is 1. The molecule has 0 amide bonds. The first kappa shape index (κ1) is 17.6. The lowest BCUT2D eigenvalue weighted by Gasteiger charge is -2.39. The summed E-state index contributed by atoms with van der Waals surface area (Å²) in [5.41, 5.74) is 2.58. The molecule has 5 rings (SSSR count). The average molecular weight is 387 g/mol. The Labute approximate surface area is 168 Å². The molecule has 0 saturated carbocycles. The number of nitrogens with zero attached hydrogens (tertiary/aromatic N) is 1. The molecular weight excluding hydrogens is 366 g/mol. The minimum absolute atomic E-state index is 0.0137. The van der Waals surface area contributed by atoms with E-state index in [4.69, 9.17) is 13.6 Å². The summed E-state index contributed by atoms with van der Waals surface area (Å²) < 4.78 is 16.3. The summed E-state index contributed by atoms with van der Waals surface area (Å²) in [5, 5.41) is 0. The molecular formula is C24H21NO4. The highest BCUT2D eigenvalue weighted by Crippen LogP contribution is 2.44. The Balaban J connectivity index is 1.62. The van der Waals surface area contributed by atoms with Crippen LogP contribution in [-0.4, -0.2) is 25.0 Å². The van der Waals surface area contributed by atoms with E-state index < -0.39 is 0 Å². The van der Waals surface area contributed by atoms with Crippen molar-refractivity contribution in [3.05, 3.63) is 83.7 Å². The van der Waals surface area contributed by atoms with E-state index in [1.807, 2.05) is 48.6 Å². The molecule has 0 N–H and O–H groups in total. The van der Waals surface area contributed by atoms with Crippen molar-refractivity contribution >= 4 is 23.6 Å². The van der Waals surface area contributed by atoms with Gasteiger partial charge in [0.15, 0.2) is 5.78 Å². The summed E-state index contributed by atoms with van der Waals surface area (Å²) in [6.45, 7) is 0. The smallest absolute Gasteiger partial charge is 0.189 e. The zero-order valence-corrected chi connectivity index (χ0v) is 16.1. The maximum Gasteiger partial charge on any atom is 0.189 e. The Morgan fingerprint density at radius 3 is 1.90 bits per heavy atom. The first-order chi connectivity index (χ1) is 14.2. The highest BCUT2D eigenvalue weighted by atomic mass is 16.5. The third-order valence-electron chi connectivity index (χ3n) is 5.68. The van der Waals surface area contributed by atoms with Crippen LogP contribution in [0.4, 0.5) is 5.69 Å². The van der Waals surface area contributed by atoms with Crippen molar-refractivity contribution in [2.75, 3.05) is 12.0 Å². The average Bonchev–Trinajstić information content (AvgIpc) is 3.50. The van der Waals surface area contributed by atoms with Crippen LogP contribution in [0.2, 0.25) is 0 Å². The van der Waals surface area contributed by atoms with Crippen LogP contribution in [0.5, 0.6) is 5.75 Å². The van der Waals surface area contributed by atoms with Crippen molar-refractivity contribution < 1.29 is 18.4 Å². The summed E-state index contributed by atoms with van der Waals surface area (Å²) >= 11 is 0. The molecule has 2 aliphatic rings. The minimum atomic E-state index is 0.0137. The van der Waals surface area contributed by atoms with Gasteiger partial charge in [0.2, 0.25) is 0 Å². The Hall–Kier alpha value is -3.47. The van der Waals surface area contributed by atoms with Crippen LogP contribution in [0.25, 0.3) is 12.2 Å². The first-order valence-electron chi connectivity index (χ1n) is 9.72. The van der Waals surface area contributed by atoms with Gasteiger partial charge in [0.05, 0.1) is 31.7 Å². The van der Waals surface area contributed by atoms with Crippen LogP contribution >= 0.6 is 0 Å². The highest BCUT2D eigenvalue weighted by molar-refractivity contribution is 6.17. The standard InChI is InChI=1S/C24H21NO4/c1-27-17-8-6-16(7-9-17)25-22-10-11-23(25)21(15-19-5-3-13-29-19)24(26)20(22)14-18-4-2-12-28-18/h2-9,12-15,22-23H,10-11H2,1H3/b20-14+,21-15?/t22-,23+/m0/s1. The summed E-state index contributed by atoms with van der Waals surface area (Å²) in [7, 11) is 1.66. The number of piperidine rings is 1. The summed E-state index contributed by atoms with van der Waals surface area (Å²) in [6, 6.07) is 15.4. The number of hydrogen-bond acceptors (Lipinski definition) is 5. The van der Waals surface area contributed by atoms with Crippen LogP contribution in [0.1, 0.15) is 24.4 Å². The molecule has 2 bridgehead atoms. The fourth-order valence-corrected chi connectivity index (χ4v) is 4.38. The Morgan fingerprint density at radius 1 is 0.897 bits per heavy atom. The number of rotatable bonds is 4. The van der Waals surface area contributed by atoms with Crippen molar-refractivity contribution in [1.29, 1.82) is 0 Å². The molecule has 0 unspecified atom stereocenters. The number of methoxy groups -OCH3 is 1. The van der Waals surface area contributed by atoms with Crippen molar-refractivity contribution in [3.8, 4) is 5.75 Å². The fourth-order valence-electron chi connectivity index (χ4n) is 4.38. The molecule has 0 aliphatic carbocycles. The van der Waals surface area contributed by atoms with E-state index >= 15 is 0 Å².